The highest BCUT2D eigenvalue weighted by molar-refractivity contribution is 8.18. The SMILES string of the molecule is O=C1NC(=O)/C(=C\c2ccc(Oc3ccc(S(=O)(=O)Nc4ccccc4Cl)cc3)cc2)S1. The number of para-hydroxylation sites is 1. The first-order chi connectivity index (χ1) is 15.3. The number of carbonyl (C=O) groups excluding carboxylic acids is 2. The van der Waals surface area contributed by atoms with Gasteiger partial charge in [-0.3, -0.25) is 19.6 Å². The van der Waals surface area contributed by atoms with Gasteiger partial charge in [-0.25, -0.2) is 8.42 Å². The molecule has 1 aliphatic rings. The number of ether oxygens (including phenoxy) is 1. The van der Waals surface area contributed by atoms with E-state index in [1.165, 1.54) is 12.1 Å². The van der Waals surface area contributed by atoms with Crippen LogP contribution in [0.15, 0.2) is 82.6 Å². The molecule has 0 spiro atoms. The molecule has 0 aromatic heterocycles. The van der Waals surface area contributed by atoms with Crippen LogP contribution in [0.4, 0.5) is 10.5 Å². The Balaban J connectivity index is 1.43. The first-order valence-electron chi connectivity index (χ1n) is 9.20. The maximum Gasteiger partial charge on any atom is 0.290 e. The zero-order chi connectivity index (χ0) is 22.7. The third-order valence-corrected chi connectivity index (χ3v) is 6.83. The van der Waals surface area contributed by atoms with E-state index in [2.05, 4.69) is 10.0 Å². The lowest BCUT2D eigenvalue weighted by Gasteiger charge is -2.10. The van der Waals surface area contributed by atoms with Crippen molar-refractivity contribution in [2.75, 3.05) is 4.72 Å². The number of halogens is 1. The van der Waals surface area contributed by atoms with Crippen LogP contribution in [0.1, 0.15) is 5.56 Å². The van der Waals surface area contributed by atoms with Crippen LogP contribution < -0.4 is 14.8 Å². The second-order valence-corrected chi connectivity index (χ2v) is 9.68. The van der Waals surface area contributed by atoms with Gasteiger partial charge in [-0.05, 0) is 71.9 Å². The van der Waals surface area contributed by atoms with Gasteiger partial charge in [0.15, 0.2) is 0 Å². The molecule has 1 aliphatic heterocycles. The maximum atomic E-state index is 12.6. The highest BCUT2D eigenvalue weighted by Gasteiger charge is 2.24. The van der Waals surface area contributed by atoms with E-state index in [0.29, 0.717) is 27.1 Å². The molecule has 4 rings (SSSR count). The number of imide groups is 1. The molecule has 7 nitrogen and oxygen atoms in total. The molecule has 1 heterocycles. The Kier molecular flexibility index (Phi) is 6.22. The van der Waals surface area contributed by atoms with Gasteiger partial charge in [0.2, 0.25) is 0 Å². The smallest absolute Gasteiger partial charge is 0.290 e. The number of hydrogen-bond donors (Lipinski definition) is 2. The molecule has 1 saturated heterocycles. The Morgan fingerprint density at radius 2 is 1.53 bits per heavy atom. The summed E-state index contributed by atoms with van der Waals surface area (Å²) in [6, 6.07) is 19.4. The summed E-state index contributed by atoms with van der Waals surface area (Å²) >= 11 is 6.87. The predicted octanol–water partition coefficient (Wildman–Crippen LogP) is 5.26. The van der Waals surface area contributed by atoms with Crippen LogP contribution in [0, 0.1) is 0 Å². The summed E-state index contributed by atoms with van der Waals surface area (Å²) in [5, 5.41) is 2.11. The number of anilines is 1. The molecular weight excluding hydrogens is 472 g/mol. The van der Waals surface area contributed by atoms with Crippen molar-refractivity contribution in [3.63, 3.8) is 0 Å². The summed E-state index contributed by atoms with van der Waals surface area (Å²) in [5.41, 5.74) is 1.03. The molecule has 2 amide bonds. The number of rotatable bonds is 6. The van der Waals surface area contributed by atoms with Gasteiger partial charge < -0.3 is 4.74 Å². The van der Waals surface area contributed by atoms with Crippen molar-refractivity contribution in [3.05, 3.63) is 88.3 Å². The third kappa shape index (κ3) is 5.13. The molecule has 32 heavy (non-hydrogen) atoms. The highest BCUT2D eigenvalue weighted by Crippen LogP contribution is 2.28. The van der Waals surface area contributed by atoms with Crippen LogP contribution in [-0.2, 0) is 14.8 Å². The number of amides is 2. The van der Waals surface area contributed by atoms with Gasteiger partial charge in [0.05, 0.1) is 20.5 Å². The largest absolute Gasteiger partial charge is 0.457 e. The molecule has 3 aromatic rings. The Bertz CT molecular complexity index is 1320. The fourth-order valence-corrected chi connectivity index (χ4v) is 4.78. The number of hydrogen-bond acceptors (Lipinski definition) is 6. The average Bonchev–Trinajstić information content (AvgIpc) is 3.08. The second kappa shape index (κ2) is 9.07. The number of carbonyl (C=O) groups is 2. The monoisotopic (exact) mass is 486 g/mol. The summed E-state index contributed by atoms with van der Waals surface area (Å²) in [7, 11) is -3.81. The quantitative estimate of drug-likeness (QED) is 0.461. The molecule has 0 aliphatic carbocycles. The minimum atomic E-state index is -3.81. The second-order valence-electron chi connectivity index (χ2n) is 6.58. The summed E-state index contributed by atoms with van der Waals surface area (Å²) in [6.07, 6.45) is 1.61. The maximum absolute atomic E-state index is 12.6. The van der Waals surface area contributed by atoms with Crippen LogP contribution in [-0.4, -0.2) is 19.6 Å². The zero-order valence-electron chi connectivity index (χ0n) is 16.2. The van der Waals surface area contributed by atoms with Crippen LogP contribution >= 0.6 is 23.4 Å². The van der Waals surface area contributed by atoms with E-state index in [1.807, 2.05) is 0 Å². The lowest BCUT2D eigenvalue weighted by molar-refractivity contribution is -0.115. The van der Waals surface area contributed by atoms with E-state index in [-0.39, 0.29) is 4.90 Å². The number of nitrogens with one attached hydrogen (secondary N) is 2. The van der Waals surface area contributed by atoms with E-state index >= 15 is 0 Å². The summed E-state index contributed by atoms with van der Waals surface area (Å²) in [5.74, 6) is 0.556. The van der Waals surface area contributed by atoms with Crippen LogP contribution in [0.2, 0.25) is 5.02 Å². The van der Waals surface area contributed by atoms with Crippen molar-refractivity contribution in [2.24, 2.45) is 0 Å². The van der Waals surface area contributed by atoms with Gasteiger partial charge in [0, 0.05) is 0 Å². The molecule has 0 unspecified atom stereocenters. The van der Waals surface area contributed by atoms with E-state index in [4.69, 9.17) is 16.3 Å². The van der Waals surface area contributed by atoms with Crippen molar-refractivity contribution in [3.8, 4) is 11.5 Å². The highest BCUT2D eigenvalue weighted by atomic mass is 35.5. The fourth-order valence-electron chi connectivity index (χ4n) is 2.78. The van der Waals surface area contributed by atoms with Crippen molar-refractivity contribution >= 4 is 56.3 Å². The lowest BCUT2D eigenvalue weighted by Crippen LogP contribution is -2.17. The van der Waals surface area contributed by atoms with Crippen LogP contribution in [0.25, 0.3) is 6.08 Å². The van der Waals surface area contributed by atoms with Gasteiger partial charge in [0.25, 0.3) is 21.2 Å². The molecule has 0 atom stereocenters. The van der Waals surface area contributed by atoms with E-state index in [0.717, 1.165) is 17.3 Å². The zero-order valence-corrected chi connectivity index (χ0v) is 18.6. The molecule has 0 radical (unpaired) electrons. The number of thioether (sulfide) groups is 1. The van der Waals surface area contributed by atoms with Crippen molar-refractivity contribution in [2.45, 2.75) is 4.90 Å². The fraction of sp³-hybridized carbons (Fsp3) is 0. The van der Waals surface area contributed by atoms with Crippen LogP contribution in [0.5, 0.6) is 11.5 Å². The van der Waals surface area contributed by atoms with Gasteiger partial charge in [-0.1, -0.05) is 35.9 Å². The van der Waals surface area contributed by atoms with Gasteiger partial charge >= 0.3 is 0 Å². The Morgan fingerprint density at radius 3 is 2.12 bits per heavy atom. The standard InChI is InChI=1S/C22H15ClN2O5S2/c23-18-3-1-2-4-19(18)25-32(28,29)17-11-9-16(10-12-17)30-15-7-5-14(6-8-15)13-20-21(26)24-22(27)31-20/h1-13,25H,(H,24,26,27)/b20-13+. The summed E-state index contributed by atoms with van der Waals surface area (Å²) in [6.45, 7) is 0. The molecule has 3 aromatic carbocycles. The molecule has 2 N–H and O–H groups in total. The van der Waals surface area contributed by atoms with Crippen molar-refractivity contribution < 1.29 is 22.7 Å². The first-order valence-corrected chi connectivity index (χ1v) is 11.9. The van der Waals surface area contributed by atoms with Crippen molar-refractivity contribution in [1.29, 1.82) is 0 Å². The topological polar surface area (TPSA) is 102 Å². The molecule has 1 fully saturated rings. The van der Waals surface area contributed by atoms with Crippen molar-refractivity contribution in [1.82, 2.24) is 5.32 Å². The minimum Gasteiger partial charge on any atom is -0.457 e. The predicted molar refractivity (Wildman–Crippen MR) is 124 cm³/mol. The Labute approximate surface area is 193 Å². The van der Waals surface area contributed by atoms with Gasteiger partial charge in [-0.15, -0.1) is 0 Å². The minimum absolute atomic E-state index is 0.0635. The molecule has 0 bridgehead atoms. The normalized spacial score (nSPS) is 15.0. The number of sulfonamides is 1. The summed E-state index contributed by atoms with van der Waals surface area (Å²) in [4.78, 5) is 23.2. The lowest BCUT2D eigenvalue weighted by atomic mass is 10.2. The van der Waals surface area contributed by atoms with Gasteiger partial charge in [-0.2, -0.15) is 0 Å². The van der Waals surface area contributed by atoms with Gasteiger partial charge in [0.1, 0.15) is 11.5 Å². The molecule has 0 saturated carbocycles. The average molecular weight is 487 g/mol. The van der Waals surface area contributed by atoms with E-state index in [9.17, 15) is 18.0 Å². The van der Waals surface area contributed by atoms with E-state index in [1.54, 1.807) is 66.7 Å². The molecule has 10 heteroatoms. The Hall–Kier alpha value is -3.27. The molecule has 162 valence electrons. The molecular formula is C22H15ClN2O5S2. The Morgan fingerprint density at radius 1 is 0.906 bits per heavy atom. The van der Waals surface area contributed by atoms with Crippen LogP contribution in [0.3, 0.4) is 0 Å². The summed E-state index contributed by atoms with van der Waals surface area (Å²) < 4.78 is 33.4. The number of benzene rings is 3. The third-order valence-electron chi connectivity index (χ3n) is 4.31. The van der Waals surface area contributed by atoms with E-state index < -0.39 is 21.2 Å². The first kappa shape index (κ1) is 21.9.